The van der Waals surface area contributed by atoms with E-state index in [0.717, 1.165) is 5.69 Å². The smallest absolute Gasteiger partial charge is 0.261 e. The third-order valence-corrected chi connectivity index (χ3v) is 5.70. The first kappa shape index (κ1) is 17.4. The van der Waals surface area contributed by atoms with Crippen LogP contribution in [0.5, 0.6) is 0 Å². The fraction of sp³-hybridized carbons (Fsp3) is 0. The first-order chi connectivity index (χ1) is 12.9. The summed E-state index contributed by atoms with van der Waals surface area (Å²) in [6.45, 7) is 0. The van der Waals surface area contributed by atoms with Crippen molar-refractivity contribution < 1.29 is 13.2 Å². The van der Waals surface area contributed by atoms with Crippen LogP contribution in [-0.4, -0.2) is 19.3 Å². The standard InChI is InChI=1S/C19H14ClN3O3S/c20-12-3-1-4-14(9-12)23-27(25,26)15-6-7-18-16(11-15)17(19(24)22-18)10-13-5-2-8-21-13/h1-11,21,23H,(H,22,24)/b17-10+. The van der Waals surface area contributed by atoms with Crippen LogP contribution in [0.2, 0.25) is 5.02 Å². The van der Waals surface area contributed by atoms with Crippen molar-refractivity contribution in [2.45, 2.75) is 4.90 Å². The summed E-state index contributed by atoms with van der Waals surface area (Å²) < 4.78 is 28.0. The summed E-state index contributed by atoms with van der Waals surface area (Å²) in [5.41, 5.74) is 2.60. The molecule has 27 heavy (non-hydrogen) atoms. The minimum absolute atomic E-state index is 0.0510. The quantitative estimate of drug-likeness (QED) is 0.580. The Morgan fingerprint density at radius 3 is 2.63 bits per heavy atom. The van der Waals surface area contributed by atoms with E-state index < -0.39 is 10.0 Å². The maximum Gasteiger partial charge on any atom is 0.261 e. The van der Waals surface area contributed by atoms with Crippen molar-refractivity contribution in [3.63, 3.8) is 0 Å². The van der Waals surface area contributed by atoms with Gasteiger partial charge in [-0.2, -0.15) is 0 Å². The predicted molar refractivity (Wildman–Crippen MR) is 106 cm³/mol. The number of carbonyl (C=O) groups excluding carboxylic acids is 1. The minimum atomic E-state index is -3.84. The molecule has 0 atom stereocenters. The summed E-state index contributed by atoms with van der Waals surface area (Å²) in [6, 6.07) is 14.6. The van der Waals surface area contributed by atoms with Crippen LogP contribution in [0, 0.1) is 0 Å². The molecule has 0 bridgehead atoms. The Bertz CT molecular complexity index is 1170. The van der Waals surface area contributed by atoms with Crippen molar-refractivity contribution >= 4 is 50.6 Å². The second kappa shape index (κ2) is 6.61. The molecule has 1 aliphatic rings. The van der Waals surface area contributed by atoms with E-state index in [9.17, 15) is 13.2 Å². The number of nitrogens with one attached hydrogen (secondary N) is 3. The Morgan fingerprint density at radius 2 is 1.89 bits per heavy atom. The van der Waals surface area contributed by atoms with Crippen LogP contribution in [0.4, 0.5) is 11.4 Å². The van der Waals surface area contributed by atoms with Crippen LogP contribution < -0.4 is 10.0 Å². The first-order valence-electron chi connectivity index (χ1n) is 8.02. The van der Waals surface area contributed by atoms with Gasteiger partial charge in [0.05, 0.1) is 16.2 Å². The van der Waals surface area contributed by atoms with Crippen molar-refractivity contribution in [3.8, 4) is 0 Å². The van der Waals surface area contributed by atoms with Gasteiger partial charge in [-0.1, -0.05) is 17.7 Å². The molecule has 0 saturated heterocycles. The molecule has 0 aliphatic carbocycles. The number of rotatable bonds is 4. The maximum absolute atomic E-state index is 12.7. The SMILES string of the molecule is O=C1Nc2ccc(S(=O)(=O)Nc3cccc(Cl)c3)cc2/C1=C\c1ccc[nH]1. The summed E-state index contributed by atoms with van der Waals surface area (Å²) in [4.78, 5) is 15.3. The highest BCUT2D eigenvalue weighted by Crippen LogP contribution is 2.35. The summed E-state index contributed by atoms with van der Waals surface area (Å²) in [5, 5.41) is 3.17. The Labute approximate surface area is 160 Å². The van der Waals surface area contributed by atoms with Gasteiger partial charge in [0.15, 0.2) is 0 Å². The molecule has 2 heterocycles. The van der Waals surface area contributed by atoms with Crippen LogP contribution in [0.1, 0.15) is 11.3 Å². The zero-order valence-corrected chi connectivity index (χ0v) is 15.4. The molecule has 1 aliphatic heterocycles. The predicted octanol–water partition coefficient (Wildman–Crippen LogP) is 3.96. The molecule has 1 amide bonds. The molecule has 4 rings (SSSR count). The molecule has 0 fully saturated rings. The Morgan fingerprint density at radius 1 is 1.04 bits per heavy atom. The molecular weight excluding hydrogens is 386 g/mol. The van der Waals surface area contributed by atoms with E-state index in [1.54, 1.807) is 36.5 Å². The van der Waals surface area contributed by atoms with Gasteiger partial charge in [-0.3, -0.25) is 9.52 Å². The monoisotopic (exact) mass is 399 g/mol. The van der Waals surface area contributed by atoms with Gasteiger partial charge in [-0.05, 0) is 54.6 Å². The normalized spacial score (nSPS) is 14.9. The molecule has 136 valence electrons. The minimum Gasteiger partial charge on any atom is -0.362 e. The van der Waals surface area contributed by atoms with E-state index in [-0.39, 0.29) is 10.8 Å². The third-order valence-electron chi connectivity index (χ3n) is 4.08. The fourth-order valence-corrected chi connectivity index (χ4v) is 4.10. The second-order valence-corrected chi connectivity index (χ2v) is 8.08. The average Bonchev–Trinajstić information content (AvgIpc) is 3.23. The third kappa shape index (κ3) is 3.47. The number of H-pyrrole nitrogens is 1. The van der Waals surface area contributed by atoms with Crippen molar-refractivity contribution in [2.75, 3.05) is 10.0 Å². The van der Waals surface area contributed by atoms with Crippen molar-refractivity contribution in [2.24, 2.45) is 0 Å². The lowest BCUT2D eigenvalue weighted by molar-refractivity contribution is -0.110. The molecule has 0 radical (unpaired) electrons. The molecule has 2 aromatic carbocycles. The lowest BCUT2D eigenvalue weighted by atomic mass is 10.1. The molecule has 1 aromatic heterocycles. The van der Waals surface area contributed by atoms with Gasteiger partial charge < -0.3 is 10.3 Å². The van der Waals surface area contributed by atoms with Gasteiger partial charge in [0.2, 0.25) is 0 Å². The number of fused-ring (bicyclic) bond motifs is 1. The van der Waals surface area contributed by atoms with Crippen LogP contribution in [0.15, 0.2) is 65.7 Å². The van der Waals surface area contributed by atoms with Gasteiger partial charge in [-0.25, -0.2) is 8.42 Å². The lowest BCUT2D eigenvalue weighted by Crippen LogP contribution is -2.13. The molecule has 6 nitrogen and oxygen atoms in total. The van der Waals surface area contributed by atoms with Gasteiger partial charge in [-0.15, -0.1) is 0 Å². The van der Waals surface area contributed by atoms with Gasteiger partial charge in [0, 0.05) is 28.2 Å². The number of aromatic nitrogens is 1. The van der Waals surface area contributed by atoms with E-state index >= 15 is 0 Å². The largest absolute Gasteiger partial charge is 0.362 e. The highest BCUT2D eigenvalue weighted by Gasteiger charge is 2.26. The zero-order chi connectivity index (χ0) is 19.0. The first-order valence-corrected chi connectivity index (χ1v) is 9.88. The summed E-state index contributed by atoms with van der Waals surface area (Å²) in [6.07, 6.45) is 3.43. The van der Waals surface area contributed by atoms with E-state index in [2.05, 4.69) is 15.0 Å². The Balaban J connectivity index is 1.72. The van der Waals surface area contributed by atoms with Crippen LogP contribution in [0.3, 0.4) is 0 Å². The van der Waals surface area contributed by atoms with Crippen LogP contribution in [-0.2, 0) is 14.8 Å². The van der Waals surface area contributed by atoms with Crippen molar-refractivity contribution in [3.05, 3.63) is 77.1 Å². The summed E-state index contributed by atoms with van der Waals surface area (Å²) >= 11 is 5.91. The highest BCUT2D eigenvalue weighted by molar-refractivity contribution is 7.92. The fourth-order valence-electron chi connectivity index (χ4n) is 2.83. The molecule has 3 N–H and O–H groups in total. The number of aromatic amines is 1. The molecular formula is C19H14ClN3O3S. The number of carbonyl (C=O) groups is 1. The number of hydrogen-bond donors (Lipinski definition) is 3. The van der Waals surface area contributed by atoms with Crippen molar-refractivity contribution in [1.82, 2.24) is 4.98 Å². The second-order valence-electron chi connectivity index (χ2n) is 5.96. The molecule has 3 aromatic rings. The number of halogens is 1. The van der Waals surface area contributed by atoms with Crippen LogP contribution in [0.25, 0.3) is 11.6 Å². The number of amides is 1. The Kier molecular flexibility index (Phi) is 4.25. The van der Waals surface area contributed by atoms with Crippen LogP contribution >= 0.6 is 11.6 Å². The highest BCUT2D eigenvalue weighted by atomic mass is 35.5. The number of hydrogen-bond acceptors (Lipinski definition) is 3. The van der Waals surface area contributed by atoms with Gasteiger partial charge in [0.1, 0.15) is 0 Å². The molecule has 0 unspecified atom stereocenters. The van der Waals surface area contributed by atoms with Gasteiger partial charge >= 0.3 is 0 Å². The van der Waals surface area contributed by atoms with E-state index in [1.165, 1.54) is 18.2 Å². The molecule has 0 spiro atoms. The van der Waals surface area contributed by atoms with E-state index in [4.69, 9.17) is 11.6 Å². The van der Waals surface area contributed by atoms with E-state index in [0.29, 0.717) is 27.5 Å². The molecule has 0 saturated carbocycles. The summed E-state index contributed by atoms with van der Waals surface area (Å²) in [7, 11) is -3.84. The van der Waals surface area contributed by atoms with Crippen molar-refractivity contribution in [1.29, 1.82) is 0 Å². The Hall–Kier alpha value is -3.03. The topological polar surface area (TPSA) is 91.1 Å². The average molecular weight is 400 g/mol. The number of sulfonamides is 1. The maximum atomic E-state index is 12.7. The number of anilines is 2. The summed E-state index contributed by atoms with van der Waals surface area (Å²) in [5.74, 6) is -0.281. The number of benzene rings is 2. The molecule has 8 heteroatoms. The zero-order valence-electron chi connectivity index (χ0n) is 13.9. The van der Waals surface area contributed by atoms with E-state index in [1.807, 2.05) is 12.1 Å². The lowest BCUT2D eigenvalue weighted by Gasteiger charge is -2.09. The van der Waals surface area contributed by atoms with Gasteiger partial charge in [0.25, 0.3) is 15.9 Å².